The third-order valence-corrected chi connectivity index (χ3v) is 8.37. The highest BCUT2D eigenvalue weighted by Gasteiger charge is 2.29. The molecule has 5 rings (SSSR count). The fourth-order valence-corrected chi connectivity index (χ4v) is 5.63. The fourth-order valence-electron chi connectivity index (χ4n) is 4.16. The Bertz CT molecular complexity index is 1190. The van der Waals surface area contributed by atoms with Crippen LogP contribution in [0.4, 0.5) is 10.7 Å². The maximum Gasteiger partial charge on any atom is 0.409 e. The van der Waals surface area contributed by atoms with Crippen LogP contribution in [0.5, 0.6) is 0 Å². The molecule has 0 spiro atoms. The van der Waals surface area contributed by atoms with E-state index in [1.165, 1.54) is 18.4 Å². The summed E-state index contributed by atoms with van der Waals surface area (Å²) in [6.07, 6.45) is 5.70. The number of amides is 1. The number of hydrogen-bond acceptors (Lipinski definition) is 7. The number of carbonyl (C=O) groups excluding carboxylic acids is 1. The largest absolute Gasteiger partial charge is 0.450 e. The number of aryl methyl sites for hydroxylation is 1. The molecule has 2 fully saturated rings. The normalized spacial score (nSPS) is 16.5. The first kappa shape index (κ1) is 23.2. The number of thiazole rings is 1. The minimum atomic E-state index is -0.219. The van der Waals surface area contributed by atoms with E-state index >= 15 is 0 Å². The van der Waals surface area contributed by atoms with E-state index in [1.54, 1.807) is 16.2 Å². The van der Waals surface area contributed by atoms with Crippen molar-refractivity contribution in [3.8, 4) is 21.8 Å². The topological polar surface area (TPSA) is 80.2 Å². The Hall–Kier alpha value is -2.52. The van der Waals surface area contributed by atoms with Crippen LogP contribution in [0.15, 0.2) is 34.9 Å². The summed E-state index contributed by atoms with van der Waals surface area (Å²) in [5.41, 5.74) is 4.10. The molecule has 1 saturated heterocycles. The lowest BCUT2D eigenvalue weighted by atomic mass is 9.98. The number of hydrogen-bond donors (Lipinski definition) is 1. The van der Waals surface area contributed by atoms with Crippen LogP contribution >= 0.6 is 27.3 Å². The third kappa shape index (κ3) is 5.10. The maximum absolute atomic E-state index is 12.1. The third-order valence-electron chi connectivity index (χ3n) is 6.24. The Kier molecular flexibility index (Phi) is 6.83. The van der Waals surface area contributed by atoms with E-state index in [1.807, 2.05) is 19.2 Å². The van der Waals surface area contributed by atoms with Crippen molar-refractivity contribution >= 4 is 39.3 Å². The van der Waals surface area contributed by atoms with E-state index in [0.29, 0.717) is 37.6 Å². The SMILES string of the molecule is CCOC(=O)N1CCC(c2nc(-c3ccc(Br)c(C)c3)c(-c3ccnc(NC4CC4)n3)s2)CC1. The molecular formula is C25H28BrN5O2S. The quantitative estimate of drug-likeness (QED) is 0.397. The van der Waals surface area contributed by atoms with Gasteiger partial charge < -0.3 is 15.0 Å². The second kappa shape index (κ2) is 10.00. The van der Waals surface area contributed by atoms with Gasteiger partial charge in [0.2, 0.25) is 5.95 Å². The number of anilines is 1. The van der Waals surface area contributed by atoms with Crippen molar-refractivity contribution in [3.63, 3.8) is 0 Å². The van der Waals surface area contributed by atoms with Crippen molar-refractivity contribution < 1.29 is 9.53 Å². The number of nitrogens with zero attached hydrogens (tertiary/aromatic N) is 4. The van der Waals surface area contributed by atoms with Gasteiger partial charge in [0.15, 0.2) is 0 Å². The van der Waals surface area contributed by atoms with E-state index in [-0.39, 0.29) is 6.09 Å². The Morgan fingerprint density at radius 2 is 2.00 bits per heavy atom. The van der Waals surface area contributed by atoms with Crippen molar-refractivity contribution in [1.29, 1.82) is 0 Å². The summed E-state index contributed by atoms with van der Waals surface area (Å²) >= 11 is 5.32. The van der Waals surface area contributed by atoms with Gasteiger partial charge in [-0.3, -0.25) is 0 Å². The van der Waals surface area contributed by atoms with Gasteiger partial charge in [-0.15, -0.1) is 11.3 Å². The highest BCUT2D eigenvalue weighted by atomic mass is 79.9. The summed E-state index contributed by atoms with van der Waals surface area (Å²) in [6.45, 7) is 5.71. The number of rotatable bonds is 6. The Morgan fingerprint density at radius 3 is 2.71 bits per heavy atom. The van der Waals surface area contributed by atoms with Crippen molar-refractivity contribution in [2.24, 2.45) is 0 Å². The summed E-state index contributed by atoms with van der Waals surface area (Å²) < 4.78 is 6.26. The first-order chi connectivity index (χ1) is 16.5. The number of nitrogens with one attached hydrogen (secondary N) is 1. The van der Waals surface area contributed by atoms with E-state index in [0.717, 1.165) is 44.2 Å². The summed E-state index contributed by atoms with van der Waals surface area (Å²) in [5.74, 6) is 0.987. The first-order valence-electron chi connectivity index (χ1n) is 11.8. The summed E-state index contributed by atoms with van der Waals surface area (Å²) in [5, 5.41) is 4.51. The average molecular weight is 543 g/mol. The lowest BCUT2D eigenvalue weighted by Gasteiger charge is -2.30. The minimum absolute atomic E-state index is 0.219. The fraction of sp³-hybridized carbons (Fsp3) is 0.440. The van der Waals surface area contributed by atoms with Crippen LogP contribution in [0.2, 0.25) is 0 Å². The number of benzene rings is 1. The Morgan fingerprint density at radius 1 is 1.21 bits per heavy atom. The average Bonchev–Trinajstić information content (AvgIpc) is 3.55. The van der Waals surface area contributed by atoms with Crippen LogP contribution in [-0.2, 0) is 4.74 Å². The van der Waals surface area contributed by atoms with Gasteiger partial charge >= 0.3 is 6.09 Å². The highest BCUT2D eigenvalue weighted by Crippen LogP contribution is 2.42. The van der Waals surface area contributed by atoms with Crippen LogP contribution < -0.4 is 5.32 Å². The summed E-state index contributed by atoms with van der Waals surface area (Å²) in [4.78, 5) is 29.4. The van der Waals surface area contributed by atoms with Gasteiger partial charge in [-0.25, -0.2) is 19.7 Å². The van der Waals surface area contributed by atoms with Gasteiger partial charge in [0.25, 0.3) is 0 Å². The summed E-state index contributed by atoms with van der Waals surface area (Å²) in [7, 11) is 0. The van der Waals surface area contributed by atoms with Crippen LogP contribution in [0.3, 0.4) is 0 Å². The van der Waals surface area contributed by atoms with Crippen LogP contribution in [0.25, 0.3) is 21.8 Å². The second-order valence-electron chi connectivity index (χ2n) is 8.84. The number of ether oxygens (including phenoxy) is 1. The van der Waals surface area contributed by atoms with Crippen molar-refractivity contribution in [2.75, 3.05) is 25.0 Å². The van der Waals surface area contributed by atoms with Crippen molar-refractivity contribution in [1.82, 2.24) is 19.9 Å². The summed E-state index contributed by atoms with van der Waals surface area (Å²) in [6, 6.07) is 8.80. The van der Waals surface area contributed by atoms with Crippen molar-refractivity contribution in [2.45, 2.75) is 51.5 Å². The van der Waals surface area contributed by atoms with Gasteiger partial charge in [-0.1, -0.05) is 22.0 Å². The molecular weight excluding hydrogens is 514 g/mol. The highest BCUT2D eigenvalue weighted by molar-refractivity contribution is 9.10. The molecule has 9 heteroatoms. The first-order valence-corrected chi connectivity index (χ1v) is 13.4. The zero-order valence-electron chi connectivity index (χ0n) is 19.4. The van der Waals surface area contributed by atoms with E-state index in [2.05, 4.69) is 51.4 Å². The molecule has 1 aliphatic heterocycles. The molecule has 1 saturated carbocycles. The lowest BCUT2D eigenvalue weighted by Crippen LogP contribution is -2.38. The molecule has 7 nitrogen and oxygen atoms in total. The number of halogens is 1. The van der Waals surface area contributed by atoms with Crippen LogP contribution in [0, 0.1) is 6.92 Å². The number of aromatic nitrogens is 3. The molecule has 1 aliphatic carbocycles. The zero-order valence-corrected chi connectivity index (χ0v) is 21.8. The molecule has 178 valence electrons. The molecule has 2 aromatic heterocycles. The smallest absolute Gasteiger partial charge is 0.409 e. The molecule has 34 heavy (non-hydrogen) atoms. The van der Waals surface area contributed by atoms with Gasteiger partial charge in [0.05, 0.1) is 27.9 Å². The van der Waals surface area contributed by atoms with Crippen LogP contribution in [0.1, 0.15) is 49.1 Å². The monoisotopic (exact) mass is 541 g/mol. The maximum atomic E-state index is 12.1. The van der Waals surface area contributed by atoms with E-state index < -0.39 is 0 Å². The number of likely N-dealkylation sites (tertiary alicyclic amines) is 1. The number of carbonyl (C=O) groups is 1. The predicted octanol–water partition coefficient (Wildman–Crippen LogP) is 6.25. The lowest BCUT2D eigenvalue weighted by molar-refractivity contribution is 0.0970. The van der Waals surface area contributed by atoms with Gasteiger partial charge in [0, 0.05) is 41.3 Å². The number of piperidine rings is 1. The molecule has 0 radical (unpaired) electrons. The molecule has 0 bridgehead atoms. The minimum Gasteiger partial charge on any atom is -0.450 e. The van der Waals surface area contributed by atoms with Gasteiger partial charge in [0.1, 0.15) is 0 Å². The van der Waals surface area contributed by atoms with Crippen molar-refractivity contribution in [3.05, 3.63) is 45.5 Å². The molecule has 1 amide bonds. The molecule has 0 atom stereocenters. The Balaban J connectivity index is 1.46. The Labute approximate surface area is 212 Å². The molecule has 1 aromatic carbocycles. The zero-order chi connectivity index (χ0) is 23.7. The standard InChI is InChI=1S/C25H28BrN5O2S/c1-3-33-25(32)31-12-9-16(10-13-31)23-30-21(17-4-7-19(26)15(2)14-17)22(34-23)20-8-11-27-24(29-20)28-18-5-6-18/h4,7-8,11,14,16,18H,3,5-6,9-10,12-13H2,1-2H3,(H,27,28,29). The van der Waals surface area contributed by atoms with E-state index in [4.69, 9.17) is 14.7 Å². The van der Waals surface area contributed by atoms with Gasteiger partial charge in [-0.05, 0) is 63.3 Å². The molecule has 0 unspecified atom stereocenters. The molecule has 3 heterocycles. The molecule has 3 aromatic rings. The van der Waals surface area contributed by atoms with E-state index in [9.17, 15) is 4.79 Å². The molecule has 2 aliphatic rings. The molecule has 1 N–H and O–H groups in total. The van der Waals surface area contributed by atoms with Crippen LogP contribution in [-0.4, -0.2) is 51.7 Å². The second-order valence-corrected chi connectivity index (χ2v) is 10.7. The predicted molar refractivity (Wildman–Crippen MR) is 138 cm³/mol. The van der Waals surface area contributed by atoms with Gasteiger partial charge in [-0.2, -0.15) is 0 Å².